The number of rotatable bonds is 6. The minimum Gasteiger partial charge on any atom is -0.478 e. The Bertz CT molecular complexity index is 393. The van der Waals surface area contributed by atoms with E-state index in [9.17, 15) is 9.90 Å². The Morgan fingerprint density at radius 2 is 2.24 bits per heavy atom. The molecular formula is C12H19NO4. The van der Waals surface area contributed by atoms with Crippen LogP contribution in [0.25, 0.3) is 0 Å². The Balaban J connectivity index is 2.70. The largest absolute Gasteiger partial charge is 0.478 e. The van der Waals surface area contributed by atoms with Gasteiger partial charge in [0.25, 0.3) is 0 Å². The highest BCUT2D eigenvalue weighted by Gasteiger charge is 2.21. The van der Waals surface area contributed by atoms with Crippen molar-refractivity contribution in [3.8, 4) is 0 Å². The van der Waals surface area contributed by atoms with Gasteiger partial charge < -0.3 is 19.9 Å². The molecule has 17 heavy (non-hydrogen) atoms. The maximum Gasteiger partial charge on any atom is 0.339 e. The predicted molar refractivity (Wildman–Crippen MR) is 63.0 cm³/mol. The number of aliphatic hydroxyl groups is 1. The fourth-order valence-electron chi connectivity index (χ4n) is 1.44. The summed E-state index contributed by atoms with van der Waals surface area (Å²) in [7, 11) is 0. The second kappa shape index (κ2) is 5.33. The van der Waals surface area contributed by atoms with Crippen LogP contribution in [-0.2, 0) is 6.54 Å². The SMILES string of the molecule is CCC(C)(CO)NCc1cc(C(=O)O)c(C)o1. The number of hydrogen-bond acceptors (Lipinski definition) is 4. The van der Waals surface area contributed by atoms with Crippen molar-refractivity contribution in [2.45, 2.75) is 39.3 Å². The number of hydrogen-bond donors (Lipinski definition) is 3. The van der Waals surface area contributed by atoms with Gasteiger partial charge in [0, 0.05) is 5.54 Å². The third-order valence-corrected chi connectivity index (χ3v) is 3.02. The first-order chi connectivity index (χ1) is 7.91. The lowest BCUT2D eigenvalue weighted by molar-refractivity contribution is 0.0695. The molecule has 5 heteroatoms. The van der Waals surface area contributed by atoms with E-state index in [0.717, 1.165) is 6.42 Å². The van der Waals surface area contributed by atoms with Crippen molar-refractivity contribution in [1.82, 2.24) is 5.32 Å². The van der Waals surface area contributed by atoms with Crippen molar-refractivity contribution in [2.24, 2.45) is 0 Å². The molecule has 1 aromatic heterocycles. The Labute approximate surface area is 100 Å². The fraction of sp³-hybridized carbons (Fsp3) is 0.583. The second-order valence-electron chi connectivity index (χ2n) is 4.41. The van der Waals surface area contributed by atoms with Gasteiger partial charge in [-0.2, -0.15) is 0 Å². The quantitative estimate of drug-likeness (QED) is 0.703. The van der Waals surface area contributed by atoms with Crippen molar-refractivity contribution in [2.75, 3.05) is 6.61 Å². The molecule has 0 saturated heterocycles. The summed E-state index contributed by atoms with van der Waals surface area (Å²) in [5.74, 6) is -0.0255. The van der Waals surface area contributed by atoms with Crippen molar-refractivity contribution >= 4 is 5.97 Å². The average molecular weight is 241 g/mol. The van der Waals surface area contributed by atoms with Crippen LogP contribution in [0.2, 0.25) is 0 Å². The van der Waals surface area contributed by atoms with Crippen LogP contribution < -0.4 is 5.32 Å². The number of carboxylic acids is 1. The van der Waals surface area contributed by atoms with Crippen molar-refractivity contribution < 1.29 is 19.4 Å². The molecule has 0 aliphatic heterocycles. The number of aromatic carboxylic acids is 1. The lowest BCUT2D eigenvalue weighted by Gasteiger charge is -2.26. The smallest absolute Gasteiger partial charge is 0.339 e. The molecule has 3 N–H and O–H groups in total. The minimum absolute atomic E-state index is 0.0228. The lowest BCUT2D eigenvalue weighted by Crippen LogP contribution is -2.44. The Morgan fingerprint density at radius 1 is 1.59 bits per heavy atom. The van der Waals surface area contributed by atoms with E-state index in [2.05, 4.69) is 5.32 Å². The van der Waals surface area contributed by atoms with Gasteiger partial charge in [0.1, 0.15) is 17.1 Å². The normalized spacial score (nSPS) is 14.6. The minimum atomic E-state index is -0.988. The van der Waals surface area contributed by atoms with Gasteiger partial charge in [0.05, 0.1) is 13.2 Å². The average Bonchev–Trinajstić information content (AvgIpc) is 2.68. The first-order valence-electron chi connectivity index (χ1n) is 5.60. The van der Waals surface area contributed by atoms with Crippen LogP contribution in [0.5, 0.6) is 0 Å². The first kappa shape index (κ1) is 13.7. The molecule has 1 unspecified atom stereocenters. The van der Waals surface area contributed by atoms with Gasteiger partial charge in [0.15, 0.2) is 0 Å². The molecule has 0 aromatic carbocycles. The molecule has 0 bridgehead atoms. The van der Waals surface area contributed by atoms with Gasteiger partial charge in [-0.1, -0.05) is 6.92 Å². The van der Waals surface area contributed by atoms with Crippen LogP contribution in [0.3, 0.4) is 0 Å². The van der Waals surface area contributed by atoms with Gasteiger partial charge in [-0.3, -0.25) is 0 Å². The summed E-state index contributed by atoms with van der Waals surface area (Å²) < 4.78 is 5.34. The third-order valence-electron chi connectivity index (χ3n) is 3.02. The van der Waals surface area contributed by atoms with Gasteiger partial charge in [-0.25, -0.2) is 4.79 Å². The van der Waals surface area contributed by atoms with E-state index in [4.69, 9.17) is 9.52 Å². The molecular weight excluding hydrogens is 222 g/mol. The van der Waals surface area contributed by atoms with E-state index in [1.807, 2.05) is 13.8 Å². The van der Waals surface area contributed by atoms with E-state index < -0.39 is 5.97 Å². The molecule has 0 amide bonds. The summed E-state index contributed by atoms with van der Waals surface area (Å²) in [5.41, 5.74) is -0.187. The highest BCUT2D eigenvalue weighted by Crippen LogP contribution is 2.16. The van der Waals surface area contributed by atoms with Crippen LogP contribution >= 0.6 is 0 Å². The second-order valence-corrected chi connectivity index (χ2v) is 4.41. The predicted octanol–water partition coefficient (Wildman–Crippen LogP) is 1.54. The Hall–Kier alpha value is -1.33. The van der Waals surface area contributed by atoms with Crippen LogP contribution in [0, 0.1) is 6.92 Å². The summed E-state index contributed by atoms with van der Waals surface area (Å²) in [6.07, 6.45) is 0.773. The zero-order valence-corrected chi connectivity index (χ0v) is 10.4. The maximum absolute atomic E-state index is 10.8. The molecule has 96 valence electrons. The third kappa shape index (κ3) is 3.31. The summed E-state index contributed by atoms with van der Waals surface area (Å²) in [5, 5.41) is 21.3. The van der Waals surface area contributed by atoms with Crippen LogP contribution in [-0.4, -0.2) is 28.3 Å². The van der Waals surface area contributed by atoms with Crippen molar-refractivity contribution in [3.05, 3.63) is 23.2 Å². The van der Waals surface area contributed by atoms with Gasteiger partial charge in [0.2, 0.25) is 0 Å². The molecule has 0 spiro atoms. The van der Waals surface area contributed by atoms with E-state index in [-0.39, 0.29) is 17.7 Å². The van der Waals surface area contributed by atoms with Crippen molar-refractivity contribution in [1.29, 1.82) is 0 Å². The zero-order valence-electron chi connectivity index (χ0n) is 10.4. The molecule has 1 aromatic rings. The number of carboxylic acid groups (broad SMARTS) is 1. The molecule has 0 saturated carbocycles. The fourth-order valence-corrected chi connectivity index (χ4v) is 1.44. The van der Waals surface area contributed by atoms with E-state index in [1.54, 1.807) is 6.92 Å². The number of carbonyl (C=O) groups is 1. The standard InChI is InChI=1S/C12H19NO4/c1-4-12(3,7-14)13-6-9-5-10(11(15)16)8(2)17-9/h5,13-14H,4,6-7H2,1-3H3,(H,15,16). The number of aryl methyl sites for hydroxylation is 1. The van der Waals surface area contributed by atoms with Gasteiger partial charge in [-0.15, -0.1) is 0 Å². The Morgan fingerprint density at radius 3 is 2.65 bits per heavy atom. The highest BCUT2D eigenvalue weighted by atomic mass is 16.4. The molecule has 0 aliphatic carbocycles. The molecule has 0 fully saturated rings. The summed E-state index contributed by atoms with van der Waals surface area (Å²) in [4.78, 5) is 10.8. The van der Waals surface area contributed by atoms with Gasteiger partial charge in [-0.05, 0) is 26.3 Å². The monoisotopic (exact) mass is 241 g/mol. The number of nitrogens with one attached hydrogen (secondary N) is 1. The topological polar surface area (TPSA) is 82.7 Å². The molecule has 1 heterocycles. The summed E-state index contributed by atoms with van der Waals surface area (Å²) >= 11 is 0. The molecule has 0 aliphatic rings. The van der Waals surface area contributed by atoms with E-state index in [0.29, 0.717) is 18.1 Å². The summed E-state index contributed by atoms with van der Waals surface area (Å²) in [6.45, 7) is 5.92. The van der Waals surface area contributed by atoms with E-state index >= 15 is 0 Å². The molecule has 0 radical (unpaired) electrons. The van der Waals surface area contributed by atoms with Crippen molar-refractivity contribution in [3.63, 3.8) is 0 Å². The first-order valence-corrected chi connectivity index (χ1v) is 5.60. The summed E-state index contributed by atoms with van der Waals surface area (Å²) in [6, 6.07) is 1.51. The lowest BCUT2D eigenvalue weighted by atomic mass is 10.0. The highest BCUT2D eigenvalue weighted by molar-refractivity contribution is 5.88. The number of aliphatic hydroxyl groups excluding tert-OH is 1. The number of furan rings is 1. The Kier molecular flexibility index (Phi) is 4.31. The maximum atomic E-state index is 10.8. The van der Waals surface area contributed by atoms with Gasteiger partial charge >= 0.3 is 5.97 Å². The van der Waals surface area contributed by atoms with E-state index in [1.165, 1.54) is 6.07 Å². The van der Waals surface area contributed by atoms with Crippen LogP contribution in [0.1, 0.15) is 42.1 Å². The molecule has 1 atom stereocenters. The van der Waals surface area contributed by atoms with Crippen LogP contribution in [0.15, 0.2) is 10.5 Å². The molecule has 1 rings (SSSR count). The molecule has 5 nitrogen and oxygen atoms in total. The van der Waals surface area contributed by atoms with Crippen LogP contribution in [0.4, 0.5) is 0 Å². The zero-order chi connectivity index (χ0) is 13.1.